The minimum atomic E-state index is -3.55. The Labute approximate surface area is 118 Å². The van der Waals surface area contributed by atoms with Gasteiger partial charge in [-0.1, -0.05) is 13.8 Å². The molecule has 1 heterocycles. The summed E-state index contributed by atoms with van der Waals surface area (Å²) in [5.41, 5.74) is 0. The Balaban J connectivity index is 2.81. The van der Waals surface area contributed by atoms with Crippen LogP contribution in [0.3, 0.4) is 0 Å². The molecule has 19 heavy (non-hydrogen) atoms. The number of thiophene rings is 1. The monoisotopic (exact) mass is 307 g/mol. The molecule has 0 amide bonds. The van der Waals surface area contributed by atoms with Crippen LogP contribution in [0.2, 0.25) is 0 Å². The van der Waals surface area contributed by atoms with E-state index in [1.807, 2.05) is 20.8 Å². The van der Waals surface area contributed by atoms with Crippen molar-refractivity contribution >= 4 is 21.4 Å². The molecule has 0 aliphatic rings. The van der Waals surface area contributed by atoms with Gasteiger partial charge >= 0.3 is 0 Å². The SMILES string of the molecule is CCOCC(NS(=O)(=O)c1csc(CO)c1)C(C)C. The molecule has 110 valence electrons. The summed E-state index contributed by atoms with van der Waals surface area (Å²) in [5, 5.41) is 10.5. The molecule has 0 aliphatic heterocycles. The summed E-state index contributed by atoms with van der Waals surface area (Å²) in [6.07, 6.45) is 0. The predicted molar refractivity (Wildman–Crippen MR) is 75.7 cm³/mol. The molecular formula is C12H21NO4S2. The van der Waals surface area contributed by atoms with Gasteiger partial charge in [-0.25, -0.2) is 13.1 Å². The Morgan fingerprint density at radius 2 is 2.16 bits per heavy atom. The minimum Gasteiger partial charge on any atom is -0.391 e. The smallest absolute Gasteiger partial charge is 0.241 e. The lowest BCUT2D eigenvalue weighted by Gasteiger charge is -2.21. The van der Waals surface area contributed by atoms with Crippen LogP contribution < -0.4 is 4.72 Å². The van der Waals surface area contributed by atoms with Gasteiger partial charge in [-0.2, -0.15) is 0 Å². The van der Waals surface area contributed by atoms with E-state index in [-0.39, 0.29) is 23.5 Å². The Bertz CT molecular complexity index is 482. The average molecular weight is 307 g/mol. The van der Waals surface area contributed by atoms with Gasteiger partial charge in [-0.05, 0) is 18.9 Å². The highest BCUT2D eigenvalue weighted by atomic mass is 32.2. The first kappa shape index (κ1) is 16.6. The molecule has 0 bridgehead atoms. The van der Waals surface area contributed by atoms with E-state index < -0.39 is 10.0 Å². The molecule has 0 aliphatic carbocycles. The minimum absolute atomic E-state index is 0.136. The summed E-state index contributed by atoms with van der Waals surface area (Å²) in [6, 6.07) is 1.23. The second-order valence-electron chi connectivity index (χ2n) is 4.54. The van der Waals surface area contributed by atoms with Crippen LogP contribution in [0.1, 0.15) is 25.6 Å². The number of rotatable bonds is 8. The lowest BCUT2D eigenvalue weighted by Crippen LogP contribution is -2.41. The van der Waals surface area contributed by atoms with Crippen LogP contribution >= 0.6 is 11.3 Å². The van der Waals surface area contributed by atoms with E-state index in [2.05, 4.69) is 4.72 Å². The largest absolute Gasteiger partial charge is 0.391 e. The van der Waals surface area contributed by atoms with Crippen LogP contribution in [-0.2, 0) is 21.4 Å². The third kappa shape index (κ3) is 4.85. The van der Waals surface area contributed by atoms with Crippen molar-refractivity contribution in [3.63, 3.8) is 0 Å². The van der Waals surface area contributed by atoms with Crippen molar-refractivity contribution in [3.05, 3.63) is 16.3 Å². The molecule has 1 atom stereocenters. The fraction of sp³-hybridized carbons (Fsp3) is 0.667. The van der Waals surface area contributed by atoms with E-state index in [1.165, 1.54) is 22.8 Å². The lowest BCUT2D eigenvalue weighted by molar-refractivity contribution is 0.116. The molecular weight excluding hydrogens is 286 g/mol. The van der Waals surface area contributed by atoms with Gasteiger partial charge in [0.25, 0.3) is 0 Å². The zero-order valence-corrected chi connectivity index (χ0v) is 13.1. The molecule has 0 spiro atoms. The number of hydrogen-bond donors (Lipinski definition) is 2. The molecule has 0 radical (unpaired) electrons. The van der Waals surface area contributed by atoms with Gasteiger partial charge in [-0.15, -0.1) is 11.3 Å². The summed E-state index contributed by atoms with van der Waals surface area (Å²) >= 11 is 1.23. The normalized spacial score (nSPS) is 13.9. The summed E-state index contributed by atoms with van der Waals surface area (Å²) in [4.78, 5) is 0.829. The first-order chi connectivity index (χ1) is 8.90. The van der Waals surface area contributed by atoms with Crippen LogP contribution in [-0.4, -0.2) is 32.8 Å². The third-order valence-electron chi connectivity index (χ3n) is 2.71. The number of aliphatic hydroxyl groups is 1. The first-order valence-electron chi connectivity index (χ1n) is 6.19. The third-order valence-corrected chi connectivity index (χ3v) is 5.25. The van der Waals surface area contributed by atoms with E-state index in [9.17, 15) is 8.42 Å². The Morgan fingerprint density at radius 1 is 1.47 bits per heavy atom. The molecule has 5 nitrogen and oxygen atoms in total. The zero-order valence-electron chi connectivity index (χ0n) is 11.4. The van der Waals surface area contributed by atoms with Crippen molar-refractivity contribution in [1.82, 2.24) is 4.72 Å². The zero-order chi connectivity index (χ0) is 14.5. The van der Waals surface area contributed by atoms with Crippen molar-refractivity contribution in [2.75, 3.05) is 13.2 Å². The number of hydrogen-bond acceptors (Lipinski definition) is 5. The Hall–Kier alpha value is -0.470. The van der Waals surface area contributed by atoms with Gasteiger partial charge in [0.2, 0.25) is 10.0 Å². The lowest BCUT2D eigenvalue weighted by atomic mass is 10.1. The van der Waals surface area contributed by atoms with Crippen LogP contribution in [0.4, 0.5) is 0 Å². The number of sulfonamides is 1. The van der Waals surface area contributed by atoms with E-state index in [1.54, 1.807) is 0 Å². The van der Waals surface area contributed by atoms with Crippen LogP contribution in [0.25, 0.3) is 0 Å². The van der Waals surface area contributed by atoms with Crippen molar-refractivity contribution < 1.29 is 18.3 Å². The van der Waals surface area contributed by atoms with Crippen molar-refractivity contribution in [3.8, 4) is 0 Å². The van der Waals surface area contributed by atoms with Gasteiger partial charge in [0, 0.05) is 22.9 Å². The number of ether oxygens (including phenoxy) is 1. The van der Waals surface area contributed by atoms with Gasteiger partial charge in [0.05, 0.1) is 18.1 Å². The van der Waals surface area contributed by atoms with Crippen LogP contribution in [0.15, 0.2) is 16.3 Å². The van der Waals surface area contributed by atoms with Crippen molar-refractivity contribution in [2.45, 2.75) is 38.3 Å². The second-order valence-corrected chi connectivity index (χ2v) is 7.25. The molecule has 1 unspecified atom stereocenters. The van der Waals surface area contributed by atoms with Crippen LogP contribution in [0.5, 0.6) is 0 Å². The summed E-state index contributed by atoms with van der Waals surface area (Å²) in [5.74, 6) is 0.136. The molecule has 1 aromatic rings. The first-order valence-corrected chi connectivity index (χ1v) is 8.55. The highest BCUT2D eigenvalue weighted by Gasteiger charge is 2.23. The highest BCUT2D eigenvalue weighted by Crippen LogP contribution is 2.20. The molecule has 0 saturated heterocycles. The topological polar surface area (TPSA) is 75.6 Å². The van der Waals surface area contributed by atoms with E-state index >= 15 is 0 Å². The van der Waals surface area contributed by atoms with E-state index in [4.69, 9.17) is 9.84 Å². The fourth-order valence-corrected chi connectivity index (χ4v) is 3.96. The highest BCUT2D eigenvalue weighted by molar-refractivity contribution is 7.89. The van der Waals surface area contributed by atoms with Crippen molar-refractivity contribution in [2.24, 2.45) is 5.92 Å². The molecule has 2 N–H and O–H groups in total. The maximum absolute atomic E-state index is 12.2. The quantitative estimate of drug-likeness (QED) is 0.764. The molecule has 1 aromatic heterocycles. The van der Waals surface area contributed by atoms with E-state index in [0.717, 1.165) is 0 Å². The summed E-state index contributed by atoms with van der Waals surface area (Å²) < 4.78 is 32.3. The standard InChI is InChI=1S/C12H21NO4S2/c1-4-17-7-12(9(2)3)13-19(15,16)11-5-10(6-14)18-8-11/h5,8-9,12-14H,4,6-7H2,1-3H3. The number of aliphatic hydroxyl groups excluding tert-OH is 1. The van der Waals surface area contributed by atoms with Gasteiger partial charge in [0.1, 0.15) is 0 Å². The maximum atomic E-state index is 12.2. The summed E-state index contributed by atoms with van der Waals surface area (Å²) in [6.45, 7) is 6.52. The Kier molecular flexibility index (Phi) is 6.41. The second kappa shape index (κ2) is 7.35. The average Bonchev–Trinajstić information content (AvgIpc) is 2.83. The molecule has 0 fully saturated rings. The Morgan fingerprint density at radius 3 is 2.63 bits per heavy atom. The van der Waals surface area contributed by atoms with Gasteiger partial charge in [0.15, 0.2) is 0 Å². The van der Waals surface area contributed by atoms with E-state index in [0.29, 0.717) is 18.1 Å². The maximum Gasteiger partial charge on any atom is 0.241 e. The summed E-state index contributed by atoms with van der Waals surface area (Å²) in [7, 11) is -3.55. The molecule has 0 aromatic carbocycles. The molecule has 0 saturated carbocycles. The number of nitrogens with one attached hydrogen (secondary N) is 1. The molecule has 7 heteroatoms. The predicted octanol–water partition coefficient (Wildman–Crippen LogP) is 1.58. The van der Waals surface area contributed by atoms with Crippen LogP contribution in [0, 0.1) is 5.92 Å². The van der Waals surface area contributed by atoms with Crippen molar-refractivity contribution in [1.29, 1.82) is 0 Å². The fourth-order valence-electron chi connectivity index (χ4n) is 1.46. The molecule has 1 rings (SSSR count). The van der Waals surface area contributed by atoms with Gasteiger partial charge < -0.3 is 9.84 Å². The van der Waals surface area contributed by atoms with Gasteiger partial charge in [-0.3, -0.25) is 0 Å².